The molecule has 142 valence electrons. The van der Waals surface area contributed by atoms with Gasteiger partial charge in [0, 0.05) is 16.7 Å². The van der Waals surface area contributed by atoms with Crippen molar-refractivity contribution in [3.63, 3.8) is 0 Å². The zero-order chi connectivity index (χ0) is 20.1. The Morgan fingerprint density at radius 1 is 0.483 bits per heavy atom. The quantitative estimate of drug-likeness (QED) is 0.308. The van der Waals surface area contributed by atoms with Crippen LogP contribution in [0.2, 0.25) is 0 Å². The molecule has 5 rings (SSSR count). The van der Waals surface area contributed by atoms with Crippen LogP contribution in [-0.4, -0.2) is 20.4 Å². The zero-order valence-electron chi connectivity index (χ0n) is 15.4. The van der Waals surface area contributed by atoms with Gasteiger partial charge in [0.1, 0.15) is 0 Å². The van der Waals surface area contributed by atoms with Gasteiger partial charge in [0.05, 0.1) is 0 Å². The summed E-state index contributed by atoms with van der Waals surface area (Å²) in [6, 6.07) is 22.3. The topological polar surface area (TPSA) is 80.9 Å². The molecule has 29 heavy (non-hydrogen) atoms. The Labute approximate surface area is 167 Å². The highest BCUT2D eigenvalue weighted by Crippen LogP contribution is 2.58. The molecular weight excluding hydrogens is 364 g/mol. The van der Waals surface area contributed by atoms with Crippen molar-refractivity contribution in [1.29, 1.82) is 0 Å². The second-order valence-electron chi connectivity index (χ2n) is 7.18. The lowest BCUT2D eigenvalue weighted by atomic mass is 9.86. The van der Waals surface area contributed by atoms with Crippen molar-refractivity contribution in [1.82, 2.24) is 0 Å². The summed E-state index contributed by atoms with van der Waals surface area (Å²) in [6.45, 7) is 0. The van der Waals surface area contributed by atoms with Crippen LogP contribution in [0.3, 0.4) is 0 Å². The molecule has 0 saturated heterocycles. The molecule has 1 aliphatic rings. The lowest BCUT2D eigenvalue weighted by Crippen LogP contribution is -1.95. The first-order valence-electron chi connectivity index (χ1n) is 9.33. The van der Waals surface area contributed by atoms with E-state index >= 15 is 0 Å². The second kappa shape index (κ2) is 6.31. The van der Waals surface area contributed by atoms with E-state index in [1.54, 1.807) is 6.07 Å². The fourth-order valence-electron chi connectivity index (χ4n) is 4.27. The van der Waals surface area contributed by atoms with Gasteiger partial charge in [-0.25, -0.2) is 0 Å². The molecule has 0 bridgehead atoms. The highest BCUT2D eigenvalue weighted by atomic mass is 16.3. The number of fused-ring (bicyclic) bond motifs is 3. The van der Waals surface area contributed by atoms with Gasteiger partial charge in [0.15, 0.2) is 23.0 Å². The maximum Gasteiger partial charge on any atom is 0.166 e. The number of benzene rings is 4. The van der Waals surface area contributed by atoms with Crippen molar-refractivity contribution in [2.75, 3.05) is 0 Å². The third-order valence-corrected chi connectivity index (χ3v) is 5.54. The Bertz CT molecular complexity index is 1250. The third-order valence-electron chi connectivity index (χ3n) is 5.54. The molecule has 0 amide bonds. The van der Waals surface area contributed by atoms with Gasteiger partial charge in [-0.2, -0.15) is 0 Å². The number of hydrogen-bond acceptors (Lipinski definition) is 4. The van der Waals surface area contributed by atoms with Gasteiger partial charge in [-0.1, -0.05) is 66.7 Å². The summed E-state index contributed by atoms with van der Waals surface area (Å²) in [5, 5.41) is 42.5. The predicted molar refractivity (Wildman–Crippen MR) is 112 cm³/mol. The number of rotatable bonds is 2. The summed E-state index contributed by atoms with van der Waals surface area (Å²) < 4.78 is 0. The summed E-state index contributed by atoms with van der Waals surface area (Å²) in [5.41, 5.74) is 5.35. The van der Waals surface area contributed by atoms with Crippen LogP contribution >= 0.6 is 0 Å². The summed E-state index contributed by atoms with van der Waals surface area (Å²) in [7, 11) is 0. The Morgan fingerprint density at radius 3 is 1.66 bits per heavy atom. The van der Waals surface area contributed by atoms with E-state index in [0.29, 0.717) is 23.1 Å². The summed E-state index contributed by atoms with van der Waals surface area (Å²) in [6.07, 6.45) is 0.469. The van der Waals surface area contributed by atoms with Crippen molar-refractivity contribution in [3.05, 3.63) is 83.9 Å². The highest BCUT2D eigenvalue weighted by Gasteiger charge is 2.33. The molecule has 0 fully saturated rings. The molecule has 4 aromatic rings. The molecule has 4 nitrogen and oxygen atoms in total. The summed E-state index contributed by atoms with van der Waals surface area (Å²) in [5.74, 6) is -1.09. The van der Waals surface area contributed by atoms with E-state index in [0.717, 1.165) is 27.8 Å². The van der Waals surface area contributed by atoms with Crippen LogP contribution in [0.15, 0.2) is 72.8 Å². The molecule has 1 aliphatic carbocycles. The third kappa shape index (κ3) is 2.46. The van der Waals surface area contributed by atoms with Crippen LogP contribution in [0.1, 0.15) is 11.1 Å². The smallest absolute Gasteiger partial charge is 0.166 e. The van der Waals surface area contributed by atoms with Crippen molar-refractivity contribution in [3.8, 4) is 56.4 Å². The minimum Gasteiger partial charge on any atom is -0.504 e. The van der Waals surface area contributed by atoms with Crippen molar-refractivity contribution < 1.29 is 20.4 Å². The number of phenolic OH excluding ortho intramolecular Hbond substituents is 4. The van der Waals surface area contributed by atoms with Crippen LogP contribution in [0.4, 0.5) is 0 Å². The molecule has 0 unspecified atom stereocenters. The Balaban J connectivity index is 1.93. The van der Waals surface area contributed by atoms with Gasteiger partial charge in [-0.15, -0.1) is 0 Å². The normalized spacial score (nSPS) is 11.9. The van der Waals surface area contributed by atoms with E-state index < -0.39 is 0 Å². The van der Waals surface area contributed by atoms with Gasteiger partial charge >= 0.3 is 0 Å². The van der Waals surface area contributed by atoms with Crippen LogP contribution in [0.5, 0.6) is 23.0 Å². The van der Waals surface area contributed by atoms with Crippen molar-refractivity contribution in [2.45, 2.75) is 6.42 Å². The lowest BCUT2D eigenvalue weighted by Gasteiger charge is -2.19. The second-order valence-corrected chi connectivity index (χ2v) is 7.18. The van der Waals surface area contributed by atoms with Crippen LogP contribution in [0.25, 0.3) is 33.4 Å². The van der Waals surface area contributed by atoms with Gasteiger partial charge < -0.3 is 20.4 Å². The van der Waals surface area contributed by atoms with Crippen LogP contribution in [0, 0.1) is 0 Å². The molecule has 0 atom stereocenters. The monoisotopic (exact) mass is 382 g/mol. The first-order valence-corrected chi connectivity index (χ1v) is 9.33. The van der Waals surface area contributed by atoms with E-state index in [-0.39, 0.29) is 23.0 Å². The Hall–Kier alpha value is -3.92. The van der Waals surface area contributed by atoms with E-state index in [4.69, 9.17) is 0 Å². The minimum atomic E-state index is -0.293. The summed E-state index contributed by atoms with van der Waals surface area (Å²) in [4.78, 5) is 0. The van der Waals surface area contributed by atoms with Crippen LogP contribution in [-0.2, 0) is 6.42 Å². The lowest BCUT2D eigenvalue weighted by molar-refractivity contribution is 0.401. The fourth-order valence-corrected chi connectivity index (χ4v) is 4.27. The molecule has 0 radical (unpaired) electrons. The van der Waals surface area contributed by atoms with Gasteiger partial charge in [0.2, 0.25) is 0 Å². The number of aromatic hydroxyl groups is 4. The van der Waals surface area contributed by atoms with Gasteiger partial charge in [-0.3, -0.25) is 0 Å². The van der Waals surface area contributed by atoms with Crippen molar-refractivity contribution >= 4 is 0 Å². The molecule has 0 aliphatic heterocycles. The molecule has 0 heterocycles. The van der Waals surface area contributed by atoms with Crippen LogP contribution < -0.4 is 0 Å². The first kappa shape index (κ1) is 17.2. The van der Waals surface area contributed by atoms with Crippen molar-refractivity contribution in [2.24, 2.45) is 0 Å². The first-order chi connectivity index (χ1) is 14.1. The minimum absolute atomic E-state index is 0.246. The molecule has 0 saturated carbocycles. The average molecular weight is 382 g/mol. The average Bonchev–Trinajstić information content (AvgIpc) is 3.14. The summed E-state index contributed by atoms with van der Waals surface area (Å²) >= 11 is 0. The van der Waals surface area contributed by atoms with Gasteiger partial charge in [0.25, 0.3) is 0 Å². The SMILES string of the molecule is Oc1ccc2c(c1O)-c1c(O)c(O)c(-c3ccccc3)c(-c3ccccc3)c1C2. The van der Waals surface area contributed by atoms with E-state index in [2.05, 4.69) is 0 Å². The highest BCUT2D eigenvalue weighted by molar-refractivity contribution is 6.01. The predicted octanol–water partition coefficient (Wildman–Crippen LogP) is 5.41. The van der Waals surface area contributed by atoms with Gasteiger partial charge in [-0.05, 0) is 40.3 Å². The molecular formula is C25H18O4. The van der Waals surface area contributed by atoms with E-state index in [1.165, 1.54) is 6.07 Å². The molecule has 0 spiro atoms. The number of phenols is 4. The zero-order valence-corrected chi connectivity index (χ0v) is 15.4. The van der Waals surface area contributed by atoms with E-state index in [1.807, 2.05) is 60.7 Å². The Morgan fingerprint density at radius 2 is 1.03 bits per heavy atom. The molecule has 4 aromatic carbocycles. The fraction of sp³-hybridized carbons (Fsp3) is 0.0400. The molecule has 4 N–H and O–H groups in total. The molecule has 4 heteroatoms. The maximum absolute atomic E-state index is 11.0. The van der Waals surface area contributed by atoms with E-state index in [9.17, 15) is 20.4 Å². The largest absolute Gasteiger partial charge is 0.504 e. The maximum atomic E-state index is 11.0. The molecule has 0 aromatic heterocycles. The number of hydrogen-bond donors (Lipinski definition) is 4. The standard InChI is InChI=1S/C25H18O4/c26-18-12-11-16-13-17-19(14-7-3-1-4-8-14)20(15-9-5-2-6-10-15)24(28)25(29)22(17)21(16)23(18)27/h1-12,26-29H,13H2. The Kier molecular flexibility index (Phi) is 3.74.